The van der Waals surface area contributed by atoms with Gasteiger partial charge in [-0.3, -0.25) is 9.48 Å². The molecule has 0 unspecified atom stereocenters. The molecular weight excluding hydrogens is 274 g/mol. The summed E-state index contributed by atoms with van der Waals surface area (Å²) in [6.07, 6.45) is 1.28. The van der Waals surface area contributed by atoms with Crippen LogP contribution in [-0.4, -0.2) is 15.6 Å². The highest BCUT2D eigenvalue weighted by Crippen LogP contribution is 2.19. The van der Waals surface area contributed by atoms with E-state index in [9.17, 15) is 13.6 Å². The highest BCUT2D eigenvalue weighted by atomic mass is 19.1. The lowest BCUT2D eigenvalue weighted by Gasteiger charge is -2.07. The van der Waals surface area contributed by atoms with Crippen molar-refractivity contribution < 1.29 is 13.6 Å². The van der Waals surface area contributed by atoms with Crippen LogP contribution < -0.4 is 0 Å². The highest BCUT2D eigenvalue weighted by molar-refractivity contribution is 5.96. The molecule has 0 saturated heterocycles. The van der Waals surface area contributed by atoms with E-state index in [1.165, 1.54) is 19.1 Å². The Hall–Kier alpha value is -2.04. The molecule has 0 atom stereocenters. The average Bonchev–Trinajstić information content (AvgIpc) is 2.75. The van der Waals surface area contributed by atoms with Crippen molar-refractivity contribution in [1.29, 1.82) is 0 Å². The fraction of sp³-hybridized carbons (Fsp3) is 0.375. The van der Waals surface area contributed by atoms with Crippen molar-refractivity contribution in [2.24, 2.45) is 0 Å². The lowest BCUT2D eigenvalue weighted by molar-refractivity contribution is 0.101. The van der Waals surface area contributed by atoms with E-state index in [1.807, 2.05) is 13.8 Å². The zero-order valence-electron chi connectivity index (χ0n) is 12.4. The molecule has 112 valence electrons. The highest BCUT2D eigenvalue weighted by Gasteiger charge is 2.19. The molecule has 0 aliphatic heterocycles. The Balaban J connectivity index is 2.46. The summed E-state index contributed by atoms with van der Waals surface area (Å²) in [5.41, 5.74) is 2.67. The number of hydrogen-bond donors (Lipinski definition) is 0. The normalized spacial score (nSPS) is 10.9. The van der Waals surface area contributed by atoms with E-state index in [4.69, 9.17) is 0 Å². The van der Waals surface area contributed by atoms with Gasteiger partial charge in [0, 0.05) is 11.8 Å². The third-order valence-electron chi connectivity index (χ3n) is 3.41. The maximum Gasteiger partial charge on any atom is 0.163 e. The van der Waals surface area contributed by atoms with Crippen molar-refractivity contribution in [1.82, 2.24) is 9.78 Å². The van der Waals surface area contributed by atoms with E-state index in [-0.39, 0.29) is 12.3 Å². The van der Waals surface area contributed by atoms with Crippen LogP contribution in [0.25, 0.3) is 0 Å². The van der Waals surface area contributed by atoms with E-state index in [2.05, 4.69) is 5.10 Å². The van der Waals surface area contributed by atoms with Crippen LogP contribution in [0.2, 0.25) is 0 Å². The first-order chi connectivity index (χ1) is 9.96. The van der Waals surface area contributed by atoms with Crippen LogP contribution >= 0.6 is 0 Å². The number of hydrogen-bond acceptors (Lipinski definition) is 2. The number of rotatable bonds is 5. The van der Waals surface area contributed by atoms with Crippen molar-refractivity contribution in [3.05, 3.63) is 52.3 Å². The Kier molecular flexibility index (Phi) is 4.50. The van der Waals surface area contributed by atoms with Crippen LogP contribution in [0.4, 0.5) is 8.78 Å². The first-order valence-corrected chi connectivity index (χ1v) is 7.00. The van der Waals surface area contributed by atoms with Crippen molar-refractivity contribution in [3.63, 3.8) is 0 Å². The minimum Gasteiger partial charge on any atom is -0.294 e. The zero-order valence-corrected chi connectivity index (χ0v) is 12.4. The predicted octanol–water partition coefficient (Wildman–Crippen LogP) is 3.54. The summed E-state index contributed by atoms with van der Waals surface area (Å²) in [5, 5.41) is 4.43. The van der Waals surface area contributed by atoms with Gasteiger partial charge in [0.15, 0.2) is 5.78 Å². The molecule has 0 fully saturated rings. The Morgan fingerprint density at radius 3 is 2.24 bits per heavy atom. The molecule has 0 aliphatic rings. The molecule has 0 spiro atoms. The lowest BCUT2D eigenvalue weighted by atomic mass is 10.1. The molecule has 1 aromatic carbocycles. The number of carbonyl (C=O) groups is 1. The van der Waals surface area contributed by atoms with E-state index < -0.39 is 11.6 Å². The van der Waals surface area contributed by atoms with Gasteiger partial charge in [-0.2, -0.15) is 5.10 Å². The molecule has 21 heavy (non-hydrogen) atoms. The fourth-order valence-corrected chi connectivity index (χ4v) is 2.57. The Morgan fingerprint density at radius 1 is 1.14 bits per heavy atom. The Morgan fingerprint density at radius 2 is 1.76 bits per heavy atom. The summed E-state index contributed by atoms with van der Waals surface area (Å²) in [5.74, 6) is -1.25. The average molecular weight is 292 g/mol. The number of aromatic nitrogens is 2. The van der Waals surface area contributed by atoms with E-state index in [0.29, 0.717) is 24.0 Å². The number of benzene rings is 1. The Bertz CT molecular complexity index is 657. The molecule has 0 amide bonds. The molecule has 0 saturated carbocycles. The summed E-state index contributed by atoms with van der Waals surface area (Å²) >= 11 is 0. The molecule has 1 aromatic heterocycles. The number of Topliss-reactive ketones (excluding diaryl/α,β-unsaturated/α-hetero) is 1. The molecule has 0 bridgehead atoms. The molecule has 5 heteroatoms. The predicted molar refractivity (Wildman–Crippen MR) is 76.4 cm³/mol. The number of halogens is 2. The fourth-order valence-electron chi connectivity index (χ4n) is 2.57. The second kappa shape index (κ2) is 6.16. The molecule has 0 radical (unpaired) electrons. The summed E-state index contributed by atoms with van der Waals surface area (Å²) in [6, 6.07) is 3.40. The van der Waals surface area contributed by atoms with Crippen LogP contribution in [0, 0.1) is 11.6 Å². The van der Waals surface area contributed by atoms with Gasteiger partial charge >= 0.3 is 0 Å². The summed E-state index contributed by atoms with van der Waals surface area (Å²) < 4.78 is 28.2. The third kappa shape index (κ3) is 3.17. The van der Waals surface area contributed by atoms with E-state index in [1.54, 1.807) is 4.68 Å². The van der Waals surface area contributed by atoms with Gasteiger partial charge in [-0.05, 0) is 37.5 Å². The largest absolute Gasteiger partial charge is 0.294 e. The monoisotopic (exact) mass is 292 g/mol. The standard InChI is InChI=1S/C16H18F2N2O/c1-4-14-16(10(3)21)15(5-2)20(19-14)9-11-6-12(17)8-13(18)7-11/h6-8H,4-5,9H2,1-3H3. The molecular formula is C16H18F2N2O. The second-order valence-corrected chi connectivity index (χ2v) is 4.97. The quantitative estimate of drug-likeness (QED) is 0.790. The number of ketones is 1. The van der Waals surface area contributed by atoms with E-state index >= 15 is 0 Å². The van der Waals surface area contributed by atoms with Crippen LogP contribution in [-0.2, 0) is 19.4 Å². The van der Waals surface area contributed by atoms with Gasteiger partial charge in [-0.15, -0.1) is 0 Å². The molecule has 3 nitrogen and oxygen atoms in total. The van der Waals surface area contributed by atoms with Crippen molar-refractivity contribution in [3.8, 4) is 0 Å². The SMILES string of the molecule is CCc1nn(Cc2cc(F)cc(F)c2)c(CC)c1C(C)=O. The van der Waals surface area contributed by atoms with Gasteiger partial charge in [-0.1, -0.05) is 13.8 Å². The van der Waals surface area contributed by atoms with Crippen LogP contribution in [0.15, 0.2) is 18.2 Å². The maximum absolute atomic E-state index is 13.3. The Labute approximate surface area is 122 Å². The van der Waals surface area contributed by atoms with Crippen molar-refractivity contribution in [2.45, 2.75) is 40.2 Å². The minimum atomic E-state index is -0.613. The van der Waals surface area contributed by atoms with Gasteiger partial charge in [-0.25, -0.2) is 8.78 Å². The zero-order chi connectivity index (χ0) is 15.6. The molecule has 0 aliphatic carbocycles. The van der Waals surface area contributed by atoms with Gasteiger partial charge in [0.05, 0.1) is 17.8 Å². The van der Waals surface area contributed by atoms with Gasteiger partial charge in [0.1, 0.15) is 11.6 Å². The van der Waals surface area contributed by atoms with Crippen LogP contribution in [0.1, 0.15) is 48.1 Å². The number of nitrogens with zero attached hydrogens (tertiary/aromatic N) is 2. The second-order valence-electron chi connectivity index (χ2n) is 4.97. The first kappa shape index (κ1) is 15.4. The smallest absolute Gasteiger partial charge is 0.163 e. The van der Waals surface area contributed by atoms with Crippen LogP contribution in [0.5, 0.6) is 0 Å². The molecule has 2 rings (SSSR count). The van der Waals surface area contributed by atoms with Gasteiger partial charge in [0.2, 0.25) is 0 Å². The summed E-state index contributed by atoms with van der Waals surface area (Å²) in [6.45, 7) is 5.63. The van der Waals surface area contributed by atoms with E-state index in [0.717, 1.165) is 17.5 Å². The van der Waals surface area contributed by atoms with Crippen molar-refractivity contribution in [2.75, 3.05) is 0 Å². The number of carbonyl (C=O) groups excluding carboxylic acids is 1. The van der Waals surface area contributed by atoms with Crippen molar-refractivity contribution >= 4 is 5.78 Å². The first-order valence-electron chi connectivity index (χ1n) is 7.00. The topological polar surface area (TPSA) is 34.9 Å². The van der Waals surface area contributed by atoms with Gasteiger partial charge < -0.3 is 0 Å². The summed E-state index contributed by atoms with van der Waals surface area (Å²) in [4.78, 5) is 11.8. The minimum absolute atomic E-state index is 0.0274. The summed E-state index contributed by atoms with van der Waals surface area (Å²) in [7, 11) is 0. The lowest BCUT2D eigenvalue weighted by Crippen LogP contribution is -2.08. The molecule has 0 N–H and O–H groups in total. The van der Waals surface area contributed by atoms with Gasteiger partial charge in [0.25, 0.3) is 0 Å². The maximum atomic E-state index is 13.3. The third-order valence-corrected chi connectivity index (χ3v) is 3.41. The molecule has 1 heterocycles. The van der Waals surface area contributed by atoms with Crippen LogP contribution in [0.3, 0.4) is 0 Å². The molecule has 2 aromatic rings. The number of aryl methyl sites for hydroxylation is 1.